The van der Waals surface area contributed by atoms with E-state index in [4.69, 9.17) is 18.9 Å². The molecule has 0 aliphatic carbocycles. The first kappa shape index (κ1) is 20.1. The Balaban J connectivity index is 2.02. The van der Waals surface area contributed by atoms with Crippen LogP contribution in [0.25, 0.3) is 10.8 Å². The zero-order chi connectivity index (χ0) is 21.0. The largest absolute Gasteiger partial charge is 0.497 e. The van der Waals surface area contributed by atoms with Crippen molar-refractivity contribution in [3.8, 4) is 23.0 Å². The molecular formula is C21H22N2O6. The predicted molar refractivity (Wildman–Crippen MR) is 110 cm³/mol. The topological polar surface area (TPSA) is 88.0 Å². The highest BCUT2D eigenvalue weighted by atomic mass is 16.6. The number of nitrogens with one attached hydrogen (secondary N) is 1. The van der Waals surface area contributed by atoms with Gasteiger partial charge in [0.05, 0.1) is 32.9 Å². The van der Waals surface area contributed by atoms with E-state index in [-0.39, 0.29) is 11.3 Å². The Morgan fingerprint density at radius 1 is 0.966 bits per heavy atom. The Morgan fingerprint density at radius 2 is 1.66 bits per heavy atom. The Kier molecular flexibility index (Phi) is 5.92. The third kappa shape index (κ3) is 4.11. The number of pyridine rings is 1. The molecule has 0 bridgehead atoms. The van der Waals surface area contributed by atoms with Gasteiger partial charge in [0.1, 0.15) is 5.75 Å². The number of hydrogen-bond donors (Lipinski definition) is 1. The lowest BCUT2D eigenvalue weighted by Gasteiger charge is -2.14. The Hall–Kier alpha value is -3.68. The van der Waals surface area contributed by atoms with Crippen LogP contribution >= 0.6 is 0 Å². The molecular weight excluding hydrogens is 376 g/mol. The minimum absolute atomic E-state index is 0.219. The molecule has 8 nitrogen and oxygen atoms in total. The number of amides is 1. The number of aryl methyl sites for hydroxylation is 1. The van der Waals surface area contributed by atoms with E-state index in [1.807, 2.05) is 6.92 Å². The highest BCUT2D eigenvalue weighted by Gasteiger charge is 2.17. The molecule has 2 aromatic carbocycles. The number of anilines is 1. The van der Waals surface area contributed by atoms with Gasteiger partial charge >= 0.3 is 6.09 Å². The number of carbonyl (C=O) groups is 1. The fraction of sp³-hybridized carbons (Fsp3) is 0.238. The van der Waals surface area contributed by atoms with Gasteiger partial charge in [-0.2, -0.15) is 0 Å². The minimum atomic E-state index is -0.698. The molecule has 1 N–H and O–H groups in total. The number of aromatic nitrogens is 1. The number of fused-ring (bicyclic) bond motifs is 1. The zero-order valence-electron chi connectivity index (χ0n) is 16.6. The van der Waals surface area contributed by atoms with E-state index in [0.717, 1.165) is 0 Å². The first-order valence-corrected chi connectivity index (χ1v) is 8.92. The lowest BCUT2D eigenvalue weighted by atomic mass is 10.1. The lowest BCUT2D eigenvalue weighted by molar-refractivity contribution is 0.215. The SMILES string of the molecule is CCn1cc(OC(=O)Nc2cccc(OC)c2)c2cc(OC)c(OC)cc2c1=O. The van der Waals surface area contributed by atoms with Crippen LogP contribution in [0.1, 0.15) is 6.92 Å². The first-order valence-electron chi connectivity index (χ1n) is 8.92. The number of methoxy groups -OCH3 is 3. The van der Waals surface area contributed by atoms with Gasteiger partial charge in [-0.3, -0.25) is 10.1 Å². The van der Waals surface area contributed by atoms with E-state index in [2.05, 4.69) is 5.32 Å². The molecule has 0 aliphatic rings. The smallest absolute Gasteiger partial charge is 0.417 e. The molecule has 8 heteroatoms. The summed E-state index contributed by atoms with van der Waals surface area (Å²) in [7, 11) is 4.52. The molecule has 152 valence electrons. The average Bonchev–Trinajstić information content (AvgIpc) is 2.74. The lowest BCUT2D eigenvalue weighted by Crippen LogP contribution is -2.22. The minimum Gasteiger partial charge on any atom is -0.497 e. The molecule has 0 radical (unpaired) electrons. The van der Waals surface area contributed by atoms with Crippen molar-refractivity contribution in [2.45, 2.75) is 13.5 Å². The van der Waals surface area contributed by atoms with Gasteiger partial charge in [-0.1, -0.05) is 6.07 Å². The zero-order valence-corrected chi connectivity index (χ0v) is 16.6. The van der Waals surface area contributed by atoms with E-state index in [0.29, 0.717) is 40.3 Å². The van der Waals surface area contributed by atoms with Gasteiger partial charge in [-0.15, -0.1) is 0 Å². The molecule has 29 heavy (non-hydrogen) atoms. The summed E-state index contributed by atoms with van der Waals surface area (Å²) in [6.07, 6.45) is 0.803. The Bertz CT molecular complexity index is 1110. The van der Waals surface area contributed by atoms with Gasteiger partial charge in [0.25, 0.3) is 5.56 Å². The van der Waals surface area contributed by atoms with E-state index < -0.39 is 6.09 Å². The quantitative estimate of drug-likeness (QED) is 0.682. The molecule has 1 aromatic heterocycles. The molecule has 1 heterocycles. The highest BCUT2D eigenvalue weighted by Crippen LogP contribution is 2.35. The van der Waals surface area contributed by atoms with Crippen molar-refractivity contribution in [1.82, 2.24) is 4.57 Å². The fourth-order valence-corrected chi connectivity index (χ4v) is 2.94. The maximum Gasteiger partial charge on any atom is 0.417 e. The van der Waals surface area contributed by atoms with Crippen LogP contribution < -0.4 is 29.8 Å². The van der Waals surface area contributed by atoms with E-state index in [9.17, 15) is 9.59 Å². The summed E-state index contributed by atoms with van der Waals surface area (Å²) < 4.78 is 22.7. The second-order valence-electron chi connectivity index (χ2n) is 6.08. The second-order valence-corrected chi connectivity index (χ2v) is 6.08. The van der Waals surface area contributed by atoms with Crippen molar-refractivity contribution in [2.75, 3.05) is 26.6 Å². The van der Waals surface area contributed by atoms with Gasteiger partial charge in [0, 0.05) is 23.7 Å². The van der Waals surface area contributed by atoms with Crippen LogP contribution in [0.2, 0.25) is 0 Å². The molecule has 1 amide bonds. The second kappa shape index (κ2) is 8.55. The van der Waals surface area contributed by atoms with Crippen molar-refractivity contribution in [1.29, 1.82) is 0 Å². The Morgan fingerprint density at radius 3 is 2.28 bits per heavy atom. The van der Waals surface area contributed by atoms with Crippen LogP contribution in [0, 0.1) is 0 Å². The van der Waals surface area contributed by atoms with E-state index >= 15 is 0 Å². The summed E-state index contributed by atoms with van der Waals surface area (Å²) in [5, 5.41) is 3.45. The summed E-state index contributed by atoms with van der Waals surface area (Å²) >= 11 is 0. The molecule has 0 aliphatic heterocycles. The average molecular weight is 398 g/mol. The van der Waals surface area contributed by atoms with Crippen LogP contribution in [0.15, 0.2) is 47.4 Å². The summed E-state index contributed by atoms with van der Waals surface area (Å²) in [4.78, 5) is 25.2. The van der Waals surface area contributed by atoms with Gasteiger partial charge in [0.2, 0.25) is 0 Å². The maximum atomic E-state index is 12.7. The number of hydrogen-bond acceptors (Lipinski definition) is 6. The third-order valence-electron chi connectivity index (χ3n) is 4.41. The number of carbonyl (C=O) groups excluding carboxylic acids is 1. The molecule has 0 saturated carbocycles. The van der Waals surface area contributed by atoms with Crippen LogP contribution in [-0.2, 0) is 6.54 Å². The summed E-state index contributed by atoms with van der Waals surface area (Å²) in [5.41, 5.74) is 0.297. The van der Waals surface area contributed by atoms with Gasteiger partial charge in [-0.25, -0.2) is 4.79 Å². The molecule has 3 rings (SSSR count). The van der Waals surface area contributed by atoms with E-state index in [1.165, 1.54) is 25.0 Å². The van der Waals surface area contributed by atoms with Crippen molar-refractivity contribution in [3.05, 3.63) is 52.9 Å². The first-order chi connectivity index (χ1) is 14.0. The van der Waals surface area contributed by atoms with Crippen molar-refractivity contribution >= 4 is 22.6 Å². The molecule has 3 aromatic rings. The molecule has 0 unspecified atom stereocenters. The summed E-state index contributed by atoms with van der Waals surface area (Å²) in [5.74, 6) is 1.66. The molecule has 0 atom stereocenters. The maximum absolute atomic E-state index is 12.7. The standard InChI is InChI=1S/C21H22N2O6/c1-5-23-12-19(29-21(25)22-13-7-6-8-14(9-13)26-2)15-10-17(27-3)18(28-4)11-16(15)20(23)24/h6-12H,5H2,1-4H3,(H,22,25). The monoisotopic (exact) mass is 398 g/mol. The van der Waals surface area contributed by atoms with Crippen LogP contribution in [0.4, 0.5) is 10.5 Å². The number of ether oxygens (including phenoxy) is 4. The van der Waals surface area contributed by atoms with Crippen molar-refractivity contribution in [3.63, 3.8) is 0 Å². The number of nitrogens with zero attached hydrogens (tertiary/aromatic N) is 1. The van der Waals surface area contributed by atoms with Crippen molar-refractivity contribution < 1.29 is 23.7 Å². The van der Waals surface area contributed by atoms with Crippen LogP contribution in [-0.4, -0.2) is 32.0 Å². The fourth-order valence-electron chi connectivity index (χ4n) is 2.94. The Labute approximate surface area is 167 Å². The van der Waals surface area contributed by atoms with Gasteiger partial charge in [0.15, 0.2) is 17.2 Å². The number of rotatable bonds is 6. The van der Waals surface area contributed by atoms with Crippen LogP contribution in [0.5, 0.6) is 23.0 Å². The number of benzene rings is 2. The summed E-state index contributed by atoms with van der Waals surface area (Å²) in [6, 6.07) is 10.1. The predicted octanol–water partition coefficient (Wildman–Crippen LogP) is 3.66. The molecule has 0 saturated heterocycles. The van der Waals surface area contributed by atoms with Gasteiger partial charge in [-0.05, 0) is 31.2 Å². The molecule has 0 fully saturated rings. The van der Waals surface area contributed by atoms with E-state index in [1.54, 1.807) is 43.5 Å². The summed E-state index contributed by atoms with van der Waals surface area (Å²) in [6.45, 7) is 2.24. The van der Waals surface area contributed by atoms with Crippen molar-refractivity contribution in [2.24, 2.45) is 0 Å². The van der Waals surface area contributed by atoms with Gasteiger partial charge < -0.3 is 23.5 Å². The third-order valence-corrected chi connectivity index (χ3v) is 4.41. The van der Waals surface area contributed by atoms with Crippen LogP contribution in [0.3, 0.4) is 0 Å². The normalized spacial score (nSPS) is 10.5. The molecule has 0 spiro atoms. The highest BCUT2D eigenvalue weighted by molar-refractivity contribution is 5.94.